The quantitative estimate of drug-likeness (QED) is 0.890. The van der Waals surface area contributed by atoms with Gasteiger partial charge in [0.15, 0.2) is 5.69 Å². The molecule has 0 aliphatic carbocycles. The number of benzene rings is 1. The lowest BCUT2D eigenvalue weighted by atomic mass is 9.95. The Kier molecular flexibility index (Phi) is 4.76. The molecule has 2 N–H and O–H groups in total. The van der Waals surface area contributed by atoms with E-state index in [2.05, 4.69) is 22.7 Å². The number of aromatic nitrogens is 2. The third-order valence-electron chi connectivity index (χ3n) is 4.47. The summed E-state index contributed by atoms with van der Waals surface area (Å²) in [6.07, 6.45) is 1.00. The summed E-state index contributed by atoms with van der Waals surface area (Å²) in [5.74, 6) is -0.0396. The van der Waals surface area contributed by atoms with Crippen LogP contribution in [0.1, 0.15) is 29.5 Å². The van der Waals surface area contributed by atoms with Crippen molar-refractivity contribution in [3.05, 3.63) is 58.0 Å². The van der Waals surface area contributed by atoms with Crippen LogP contribution < -0.4 is 16.1 Å². The molecule has 1 aromatic heterocycles. The second kappa shape index (κ2) is 6.97. The van der Waals surface area contributed by atoms with E-state index in [1.807, 2.05) is 30.3 Å². The first kappa shape index (κ1) is 16.4. The van der Waals surface area contributed by atoms with E-state index in [1.165, 1.54) is 6.07 Å². The molecule has 24 heavy (non-hydrogen) atoms. The zero-order valence-corrected chi connectivity index (χ0v) is 14.0. The number of hydrogen-bond donors (Lipinski definition) is 2. The fourth-order valence-electron chi connectivity index (χ4n) is 2.95. The number of rotatable bonds is 3. The summed E-state index contributed by atoms with van der Waals surface area (Å²) in [5, 5.41) is 10.5. The molecule has 6 nitrogen and oxygen atoms in total. The van der Waals surface area contributed by atoms with E-state index in [1.54, 1.807) is 11.6 Å². The maximum Gasteiger partial charge on any atom is 0.276 e. The van der Waals surface area contributed by atoms with Gasteiger partial charge in [0.1, 0.15) is 0 Å². The molecular formula is C18H22N4O2. The first-order valence-corrected chi connectivity index (χ1v) is 8.24. The molecule has 1 aliphatic heterocycles. The fourth-order valence-corrected chi connectivity index (χ4v) is 2.95. The molecule has 2 heterocycles. The minimum absolute atomic E-state index is 0.0129. The van der Waals surface area contributed by atoms with Crippen LogP contribution in [0.15, 0.2) is 41.2 Å². The Morgan fingerprint density at radius 1 is 1.33 bits per heavy atom. The van der Waals surface area contributed by atoms with Gasteiger partial charge in [0.2, 0.25) is 5.43 Å². The average molecular weight is 326 g/mol. The summed E-state index contributed by atoms with van der Waals surface area (Å²) in [5.41, 5.74) is 1.09. The van der Waals surface area contributed by atoms with Crippen molar-refractivity contribution >= 4 is 5.91 Å². The van der Waals surface area contributed by atoms with Gasteiger partial charge in [-0.25, -0.2) is 4.68 Å². The van der Waals surface area contributed by atoms with E-state index >= 15 is 0 Å². The predicted molar refractivity (Wildman–Crippen MR) is 92.5 cm³/mol. The van der Waals surface area contributed by atoms with Crippen LogP contribution in [0.3, 0.4) is 0 Å². The predicted octanol–water partition coefficient (Wildman–Crippen LogP) is 1.27. The third kappa shape index (κ3) is 3.38. The van der Waals surface area contributed by atoms with Gasteiger partial charge < -0.3 is 10.6 Å². The summed E-state index contributed by atoms with van der Waals surface area (Å²) in [4.78, 5) is 24.8. The maximum absolute atomic E-state index is 12.6. The third-order valence-corrected chi connectivity index (χ3v) is 4.47. The smallest absolute Gasteiger partial charge is 0.276 e. The minimum atomic E-state index is -0.412. The Bertz CT molecular complexity index is 785. The summed E-state index contributed by atoms with van der Waals surface area (Å²) in [6.45, 7) is 5.58. The number of para-hydroxylation sites is 1. The highest BCUT2D eigenvalue weighted by atomic mass is 16.2. The normalized spacial score (nSPS) is 20.6. The van der Waals surface area contributed by atoms with Gasteiger partial charge in [0.25, 0.3) is 5.91 Å². The largest absolute Gasteiger partial charge is 0.346 e. The Morgan fingerprint density at radius 3 is 2.79 bits per heavy atom. The van der Waals surface area contributed by atoms with Crippen molar-refractivity contribution < 1.29 is 4.79 Å². The van der Waals surface area contributed by atoms with Crippen LogP contribution in [0.5, 0.6) is 0 Å². The van der Waals surface area contributed by atoms with Gasteiger partial charge in [0, 0.05) is 24.3 Å². The minimum Gasteiger partial charge on any atom is -0.346 e. The number of piperidine rings is 1. The van der Waals surface area contributed by atoms with Crippen LogP contribution in [-0.4, -0.2) is 34.8 Å². The molecule has 2 aromatic rings. The van der Waals surface area contributed by atoms with Gasteiger partial charge in [-0.1, -0.05) is 25.1 Å². The van der Waals surface area contributed by atoms with Crippen molar-refractivity contribution in [3.8, 4) is 5.69 Å². The molecule has 126 valence electrons. The van der Waals surface area contributed by atoms with E-state index < -0.39 is 5.91 Å². The van der Waals surface area contributed by atoms with Crippen molar-refractivity contribution in [2.45, 2.75) is 26.3 Å². The highest BCUT2D eigenvalue weighted by molar-refractivity contribution is 5.92. The Labute approximate surface area is 140 Å². The zero-order chi connectivity index (χ0) is 17.1. The van der Waals surface area contributed by atoms with Gasteiger partial charge in [-0.3, -0.25) is 9.59 Å². The standard InChI is InChI=1S/C18H22N4O2/c1-12-8-9-19-11-15(12)20-18(24)17-16(23)10-13(2)22(21-17)14-6-4-3-5-7-14/h3-7,10,12,15,19H,8-9,11H2,1-2H3,(H,20,24). The van der Waals surface area contributed by atoms with Crippen LogP contribution in [0.4, 0.5) is 0 Å². The van der Waals surface area contributed by atoms with Gasteiger partial charge in [0.05, 0.1) is 5.69 Å². The van der Waals surface area contributed by atoms with Crippen LogP contribution in [0, 0.1) is 12.8 Å². The number of carbonyl (C=O) groups is 1. The molecule has 6 heteroatoms. The lowest BCUT2D eigenvalue weighted by Crippen LogP contribution is -2.51. The molecular weight excluding hydrogens is 304 g/mol. The lowest BCUT2D eigenvalue weighted by Gasteiger charge is -2.30. The number of carbonyl (C=O) groups excluding carboxylic acids is 1. The molecule has 1 aromatic carbocycles. The number of amides is 1. The number of aryl methyl sites for hydroxylation is 1. The molecule has 1 aliphatic rings. The van der Waals surface area contributed by atoms with Crippen molar-refractivity contribution in [3.63, 3.8) is 0 Å². The first-order chi connectivity index (χ1) is 11.6. The van der Waals surface area contributed by atoms with Gasteiger partial charge in [-0.2, -0.15) is 5.10 Å². The molecule has 2 atom stereocenters. The van der Waals surface area contributed by atoms with Crippen molar-refractivity contribution in [1.29, 1.82) is 0 Å². The highest BCUT2D eigenvalue weighted by Crippen LogP contribution is 2.12. The van der Waals surface area contributed by atoms with Crippen LogP contribution in [0.25, 0.3) is 5.69 Å². The van der Waals surface area contributed by atoms with Gasteiger partial charge >= 0.3 is 0 Å². The summed E-state index contributed by atoms with van der Waals surface area (Å²) >= 11 is 0. The molecule has 1 fully saturated rings. The Hall–Kier alpha value is -2.47. The number of nitrogens with one attached hydrogen (secondary N) is 2. The van der Waals surface area contributed by atoms with Gasteiger partial charge in [-0.15, -0.1) is 0 Å². The van der Waals surface area contributed by atoms with E-state index in [4.69, 9.17) is 0 Å². The molecule has 3 rings (SSSR count). The lowest BCUT2D eigenvalue weighted by molar-refractivity contribution is 0.0907. The van der Waals surface area contributed by atoms with E-state index in [0.29, 0.717) is 18.2 Å². The molecule has 0 radical (unpaired) electrons. The Balaban J connectivity index is 1.90. The topological polar surface area (TPSA) is 76.0 Å². The highest BCUT2D eigenvalue weighted by Gasteiger charge is 2.25. The fraction of sp³-hybridized carbons (Fsp3) is 0.389. The summed E-state index contributed by atoms with van der Waals surface area (Å²) in [6, 6.07) is 10.9. The van der Waals surface area contributed by atoms with E-state index in [9.17, 15) is 9.59 Å². The molecule has 1 saturated heterocycles. The average Bonchev–Trinajstić information content (AvgIpc) is 2.58. The molecule has 0 saturated carbocycles. The van der Waals surface area contributed by atoms with Crippen LogP contribution >= 0.6 is 0 Å². The number of nitrogens with zero attached hydrogens (tertiary/aromatic N) is 2. The van der Waals surface area contributed by atoms with E-state index in [-0.39, 0.29) is 17.2 Å². The van der Waals surface area contributed by atoms with Gasteiger partial charge in [-0.05, 0) is 37.9 Å². The van der Waals surface area contributed by atoms with E-state index in [0.717, 1.165) is 18.7 Å². The monoisotopic (exact) mass is 326 g/mol. The maximum atomic E-state index is 12.6. The van der Waals surface area contributed by atoms with Crippen LogP contribution in [0.2, 0.25) is 0 Å². The molecule has 0 bridgehead atoms. The van der Waals surface area contributed by atoms with Crippen molar-refractivity contribution in [1.82, 2.24) is 20.4 Å². The van der Waals surface area contributed by atoms with Crippen molar-refractivity contribution in [2.75, 3.05) is 13.1 Å². The molecule has 2 unspecified atom stereocenters. The number of hydrogen-bond acceptors (Lipinski definition) is 4. The zero-order valence-electron chi connectivity index (χ0n) is 14.0. The second-order valence-electron chi connectivity index (χ2n) is 6.30. The second-order valence-corrected chi connectivity index (χ2v) is 6.30. The molecule has 1 amide bonds. The SMILES string of the molecule is Cc1cc(=O)c(C(=O)NC2CNCCC2C)nn1-c1ccccc1. The molecule has 0 spiro atoms. The summed E-state index contributed by atoms with van der Waals surface area (Å²) < 4.78 is 1.62. The Morgan fingerprint density at radius 2 is 2.08 bits per heavy atom. The first-order valence-electron chi connectivity index (χ1n) is 8.24. The van der Waals surface area contributed by atoms with Crippen molar-refractivity contribution in [2.24, 2.45) is 5.92 Å². The summed E-state index contributed by atoms with van der Waals surface area (Å²) in [7, 11) is 0. The van der Waals surface area contributed by atoms with Crippen LogP contribution in [-0.2, 0) is 0 Å².